The van der Waals surface area contributed by atoms with Crippen molar-refractivity contribution in [1.29, 1.82) is 0 Å². The number of para-hydroxylation sites is 1. The molecule has 0 atom stereocenters. The number of hydrogen-bond donors (Lipinski definition) is 0. The Hall–Kier alpha value is -2.82. The highest BCUT2D eigenvalue weighted by atomic mass is 19.1. The summed E-state index contributed by atoms with van der Waals surface area (Å²) < 4.78 is 26.8. The van der Waals surface area contributed by atoms with Crippen LogP contribution < -0.4 is 4.90 Å². The van der Waals surface area contributed by atoms with Crippen LogP contribution in [0, 0.1) is 11.6 Å². The van der Waals surface area contributed by atoms with Gasteiger partial charge in [-0.15, -0.1) is 0 Å². The standard InChI is InChI=1S/C17H11F2NO2/c18-13-6-7-15(19)11(9-13)8-12-10-16(21)20(17(12)22)14-4-2-1-3-5-14/h1-9H,10H2/b12-8+. The minimum atomic E-state index is -0.646. The number of imide groups is 1. The largest absolute Gasteiger partial charge is 0.274 e. The zero-order chi connectivity index (χ0) is 15.7. The molecule has 5 heteroatoms. The molecule has 0 N–H and O–H groups in total. The Balaban J connectivity index is 1.97. The fourth-order valence-electron chi connectivity index (χ4n) is 2.34. The van der Waals surface area contributed by atoms with Crippen molar-refractivity contribution in [3.8, 4) is 0 Å². The highest BCUT2D eigenvalue weighted by molar-refractivity contribution is 6.29. The van der Waals surface area contributed by atoms with Gasteiger partial charge in [-0.3, -0.25) is 9.59 Å². The smallest absolute Gasteiger partial charge is 0.261 e. The molecule has 1 aliphatic heterocycles. The van der Waals surface area contributed by atoms with Gasteiger partial charge in [0.25, 0.3) is 5.91 Å². The van der Waals surface area contributed by atoms with Crippen molar-refractivity contribution in [2.24, 2.45) is 0 Å². The summed E-state index contributed by atoms with van der Waals surface area (Å²) in [4.78, 5) is 25.4. The van der Waals surface area contributed by atoms with E-state index in [2.05, 4.69) is 0 Å². The fraction of sp³-hybridized carbons (Fsp3) is 0.0588. The van der Waals surface area contributed by atoms with Crippen LogP contribution in [-0.4, -0.2) is 11.8 Å². The number of rotatable bonds is 2. The molecule has 1 saturated heterocycles. The maximum absolute atomic E-state index is 13.6. The van der Waals surface area contributed by atoms with E-state index in [0.29, 0.717) is 5.69 Å². The summed E-state index contributed by atoms with van der Waals surface area (Å²) in [5, 5.41) is 0. The fourth-order valence-corrected chi connectivity index (χ4v) is 2.34. The van der Waals surface area contributed by atoms with Gasteiger partial charge in [-0.2, -0.15) is 0 Å². The lowest BCUT2D eigenvalue weighted by atomic mass is 10.1. The second-order valence-electron chi connectivity index (χ2n) is 4.88. The van der Waals surface area contributed by atoms with Crippen molar-refractivity contribution in [3.63, 3.8) is 0 Å². The maximum atomic E-state index is 13.6. The monoisotopic (exact) mass is 299 g/mol. The van der Waals surface area contributed by atoms with Gasteiger partial charge in [-0.1, -0.05) is 18.2 Å². The van der Waals surface area contributed by atoms with Crippen LogP contribution in [-0.2, 0) is 9.59 Å². The second-order valence-corrected chi connectivity index (χ2v) is 4.88. The molecule has 1 heterocycles. The number of halogens is 2. The number of carbonyl (C=O) groups is 2. The lowest BCUT2D eigenvalue weighted by Crippen LogP contribution is -2.28. The van der Waals surface area contributed by atoms with E-state index < -0.39 is 17.5 Å². The van der Waals surface area contributed by atoms with Gasteiger partial charge in [-0.05, 0) is 36.4 Å². The van der Waals surface area contributed by atoms with Crippen LogP contribution in [0.4, 0.5) is 14.5 Å². The molecule has 22 heavy (non-hydrogen) atoms. The van der Waals surface area contributed by atoms with Crippen LogP contribution in [0.5, 0.6) is 0 Å². The second kappa shape index (κ2) is 5.52. The van der Waals surface area contributed by atoms with Crippen LogP contribution in [0.15, 0.2) is 54.1 Å². The van der Waals surface area contributed by atoms with Crippen molar-refractivity contribution >= 4 is 23.6 Å². The summed E-state index contributed by atoms with van der Waals surface area (Å²) in [5.41, 5.74) is 0.546. The third kappa shape index (κ3) is 2.53. The quantitative estimate of drug-likeness (QED) is 0.630. The van der Waals surface area contributed by atoms with Crippen molar-refractivity contribution in [2.45, 2.75) is 6.42 Å². The molecule has 0 radical (unpaired) electrons. The van der Waals surface area contributed by atoms with Gasteiger partial charge in [0.1, 0.15) is 11.6 Å². The number of benzene rings is 2. The first-order chi connectivity index (χ1) is 10.6. The van der Waals surface area contributed by atoms with Crippen LogP contribution in [0.3, 0.4) is 0 Å². The number of anilines is 1. The average molecular weight is 299 g/mol. The highest BCUT2D eigenvalue weighted by Gasteiger charge is 2.34. The molecule has 0 aliphatic carbocycles. The Morgan fingerprint density at radius 1 is 1.00 bits per heavy atom. The van der Waals surface area contributed by atoms with Gasteiger partial charge in [0, 0.05) is 11.1 Å². The van der Waals surface area contributed by atoms with E-state index in [1.165, 1.54) is 6.08 Å². The summed E-state index contributed by atoms with van der Waals surface area (Å²) in [6, 6.07) is 11.4. The first-order valence-corrected chi connectivity index (χ1v) is 6.64. The van der Waals surface area contributed by atoms with Crippen LogP contribution >= 0.6 is 0 Å². The Morgan fingerprint density at radius 2 is 1.73 bits per heavy atom. The topological polar surface area (TPSA) is 37.4 Å². The number of amides is 2. The Labute approximate surface area is 125 Å². The molecule has 1 fully saturated rings. The molecule has 110 valence electrons. The summed E-state index contributed by atoms with van der Waals surface area (Å²) in [6.07, 6.45) is 1.09. The van der Waals surface area contributed by atoms with Gasteiger partial charge >= 0.3 is 0 Å². The number of nitrogens with zero attached hydrogens (tertiary/aromatic N) is 1. The summed E-state index contributed by atoms with van der Waals surface area (Å²) in [7, 11) is 0. The lowest BCUT2D eigenvalue weighted by Gasteiger charge is -2.12. The highest BCUT2D eigenvalue weighted by Crippen LogP contribution is 2.27. The minimum Gasteiger partial charge on any atom is -0.274 e. The first kappa shape index (κ1) is 14.1. The molecule has 3 rings (SSSR count). The van der Waals surface area contributed by atoms with Crippen molar-refractivity contribution in [3.05, 3.63) is 71.3 Å². The zero-order valence-electron chi connectivity index (χ0n) is 11.4. The Kier molecular flexibility index (Phi) is 3.55. The van der Waals surface area contributed by atoms with Gasteiger partial charge in [0.15, 0.2) is 0 Å². The third-order valence-electron chi connectivity index (χ3n) is 3.37. The van der Waals surface area contributed by atoms with Crippen LogP contribution in [0.25, 0.3) is 6.08 Å². The van der Waals surface area contributed by atoms with Gasteiger partial charge in [-0.25, -0.2) is 13.7 Å². The van der Waals surface area contributed by atoms with E-state index in [9.17, 15) is 18.4 Å². The SMILES string of the molecule is O=C1C/C(=C\c2cc(F)ccc2F)C(=O)N1c1ccccc1. The van der Waals surface area contributed by atoms with Crippen LogP contribution in [0.2, 0.25) is 0 Å². The molecule has 0 spiro atoms. The average Bonchev–Trinajstić information content (AvgIpc) is 2.78. The summed E-state index contributed by atoms with van der Waals surface area (Å²) in [5.74, 6) is -2.16. The maximum Gasteiger partial charge on any atom is 0.261 e. The molecule has 0 aromatic heterocycles. The lowest BCUT2D eigenvalue weighted by molar-refractivity contribution is -0.120. The first-order valence-electron chi connectivity index (χ1n) is 6.64. The number of hydrogen-bond acceptors (Lipinski definition) is 2. The predicted molar refractivity (Wildman–Crippen MR) is 77.9 cm³/mol. The van der Waals surface area contributed by atoms with E-state index in [-0.39, 0.29) is 23.5 Å². The van der Waals surface area contributed by atoms with Crippen molar-refractivity contribution < 1.29 is 18.4 Å². The van der Waals surface area contributed by atoms with E-state index in [4.69, 9.17) is 0 Å². The third-order valence-corrected chi connectivity index (χ3v) is 3.37. The molecule has 2 amide bonds. The molecule has 2 aromatic rings. The molecule has 2 aromatic carbocycles. The summed E-state index contributed by atoms with van der Waals surface area (Å²) >= 11 is 0. The molecular formula is C17H11F2NO2. The Morgan fingerprint density at radius 3 is 2.45 bits per heavy atom. The van der Waals surface area contributed by atoms with Gasteiger partial charge in [0.2, 0.25) is 5.91 Å². The predicted octanol–water partition coefficient (Wildman–Crippen LogP) is 3.31. The molecular weight excluding hydrogens is 288 g/mol. The van der Waals surface area contributed by atoms with E-state index >= 15 is 0 Å². The van der Waals surface area contributed by atoms with E-state index in [1.54, 1.807) is 30.3 Å². The normalized spacial score (nSPS) is 16.6. The Bertz CT molecular complexity index is 785. The van der Waals surface area contributed by atoms with E-state index in [1.807, 2.05) is 0 Å². The molecule has 0 bridgehead atoms. The molecule has 1 aliphatic rings. The zero-order valence-corrected chi connectivity index (χ0v) is 11.4. The molecule has 0 unspecified atom stereocenters. The van der Waals surface area contributed by atoms with Gasteiger partial charge in [0.05, 0.1) is 12.1 Å². The van der Waals surface area contributed by atoms with Crippen LogP contribution in [0.1, 0.15) is 12.0 Å². The van der Waals surface area contributed by atoms with E-state index in [0.717, 1.165) is 23.1 Å². The van der Waals surface area contributed by atoms with Gasteiger partial charge < -0.3 is 0 Å². The summed E-state index contributed by atoms with van der Waals surface area (Å²) in [6.45, 7) is 0. The number of carbonyl (C=O) groups excluding carboxylic acids is 2. The molecule has 0 saturated carbocycles. The van der Waals surface area contributed by atoms with Crippen molar-refractivity contribution in [2.75, 3.05) is 4.90 Å². The molecule has 3 nitrogen and oxygen atoms in total. The minimum absolute atomic E-state index is 0.0499. The van der Waals surface area contributed by atoms with Crippen molar-refractivity contribution in [1.82, 2.24) is 0 Å².